The first-order valence-corrected chi connectivity index (χ1v) is 25.6. The number of aliphatic hydroxyl groups is 3. The topological polar surface area (TPSA) is 185 Å². The van der Waals surface area contributed by atoms with Crippen molar-refractivity contribution in [2.24, 2.45) is 29.1 Å². The van der Waals surface area contributed by atoms with Crippen molar-refractivity contribution in [2.75, 3.05) is 34.4 Å². The lowest BCUT2D eigenvalue weighted by atomic mass is 9.73. The molecule has 15 nitrogen and oxygen atoms in total. The molecule has 3 saturated heterocycles. The van der Waals surface area contributed by atoms with Crippen molar-refractivity contribution in [1.82, 2.24) is 9.88 Å². The molecule has 396 valence electrons. The van der Waals surface area contributed by atoms with Crippen LogP contribution < -0.4 is 0 Å². The van der Waals surface area contributed by atoms with E-state index in [-0.39, 0.29) is 49.2 Å². The molecule has 3 aliphatic heterocycles. The molecule has 1 aromatic carbocycles. The summed E-state index contributed by atoms with van der Waals surface area (Å²) in [5, 5.41) is 37.0. The Balaban J connectivity index is 1.57. The fourth-order valence-electron chi connectivity index (χ4n) is 11.0. The number of Topliss-reactive ketones (excluding diaryl/α,β-unsaturated/α-hetero) is 1. The Kier molecular flexibility index (Phi) is 19.8. The summed E-state index contributed by atoms with van der Waals surface area (Å²) in [6, 6.07) is 9.56. The Morgan fingerprint density at radius 3 is 2.23 bits per heavy atom. The van der Waals surface area contributed by atoms with Gasteiger partial charge in [-0.25, -0.2) is 0 Å². The summed E-state index contributed by atoms with van der Waals surface area (Å²) in [6.45, 7) is 25.2. The number of aromatic nitrogens is 1. The number of aliphatic hydroxyl groups excluding tert-OH is 2. The number of nitrogens with zero attached hydrogens (tertiary/aromatic N) is 2. The molecular weight excluding hydrogens is 897 g/mol. The molecule has 2 aromatic rings. The van der Waals surface area contributed by atoms with Gasteiger partial charge in [0.15, 0.2) is 12.6 Å². The second kappa shape index (κ2) is 24.0. The smallest absolute Gasteiger partial charge is 0.311 e. The molecule has 4 heterocycles. The molecule has 0 radical (unpaired) electrons. The third kappa shape index (κ3) is 13.6. The number of pyridine rings is 1. The molecule has 0 saturated carbocycles. The second-order valence-corrected chi connectivity index (χ2v) is 22.6. The van der Waals surface area contributed by atoms with Crippen molar-refractivity contribution in [1.29, 1.82) is 0 Å². The highest BCUT2D eigenvalue weighted by Crippen LogP contribution is 2.42. The fraction of sp³-hybridized carbons (Fsp3) is 0.764. The lowest BCUT2D eigenvalue weighted by molar-refractivity contribution is -0.319. The van der Waals surface area contributed by atoms with Gasteiger partial charge in [0.05, 0.1) is 59.8 Å². The van der Waals surface area contributed by atoms with Crippen molar-refractivity contribution < 1.29 is 62.8 Å². The van der Waals surface area contributed by atoms with Crippen LogP contribution in [0, 0.1) is 29.1 Å². The van der Waals surface area contributed by atoms with Gasteiger partial charge in [-0.05, 0) is 104 Å². The van der Waals surface area contributed by atoms with E-state index in [2.05, 4.69) is 30.7 Å². The van der Waals surface area contributed by atoms with Crippen LogP contribution in [0.1, 0.15) is 128 Å². The van der Waals surface area contributed by atoms with E-state index in [4.69, 9.17) is 37.9 Å². The maximum Gasteiger partial charge on any atom is 0.311 e. The number of esters is 1. The zero-order valence-corrected chi connectivity index (χ0v) is 45.0. The molecule has 3 N–H and O–H groups in total. The number of fused-ring (bicyclic) bond motifs is 1. The molecule has 3 fully saturated rings. The van der Waals surface area contributed by atoms with Gasteiger partial charge in [0, 0.05) is 56.0 Å². The zero-order chi connectivity index (χ0) is 52.1. The van der Waals surface area contributed by atoms with E-state index in [1.165, 1.54) is 7.11 Å². The van der Waals surface area contributed by atoms with Gasteiger partial charge in [0.1, 0.15) is 29.7 Å². The Morgan fingerprint density at radius 1 is 0.914 bits per heavy atom. The zero-order valence-electron chi connectivity index (χ0n) is 45.0. The van der Waals surface area contributed by atoms with Gasteiger partial charge in [0.25, 0.3) is 0 Å². The molecule has 3 aliphatic rings. The molecule has 18 atom stereocenters. The summed E-state index contributed by atoms with van der Waals surface area (Å²) >= 11 is 0. The molecule has 15 heteroatoms. The molecule has 70 heavy (non-hydrogen) atoms. The highest BCUT2D eigenvalue weighted by atomic mass is 16.7. The summed E-state index contributed by atoms with van der Waals surface area (Å²) in [7, 11) is 5.09. The van der Waals surface area contributed by atoms with Gasteiger partial charge < -0.3 is 58.1 Å². The summed E-state index contributed by atoms with van der Waals surface area (Å²) in [4.78, 5) is 36.5. The van der Waals surface area contributed by atoms with E-state index >= 15 is 0 Å². The molecule has 0 spiro atoms. The number of ether oxygens (including phenoxy) is 8. The summed E-state index contributed by atoms with van der Waals surface area (Å²) in [5.41, 5.74) is -2.36. The number of hydrogen-bond acceptors (Lipinski definition) is 15. The van der Waals surface area contributed by atoms with Crippen LogP contribution in [0.2, 0.25) is 0 Å². The molecule has 0 unspecified atom stereocenters. The normalized spacial score (nSPS) is 39.9. The molecule has 1 aromatic heterocycles. The van der Waals surface area contributed by atoms with E-state index < -0.39 is 102 Å². The van der Waals surface area contributed by atoms with Gasteiger partial charge in [-0.1, -0.05) is 78.8 Å². The average Bonchev–Trinajstić information content (AvgIpc) is 3.31. The lowest BCUT2D eigenvalue weighted by Gasteiger charge is -2.50. The van der Waals surface area contributed by atoms with Crippen molar-refractivity contribution >= 4 is 28.7 Å². The van der Waals surface area contributed by atoms with E-state index in [1.54, 1.807) is 47.9 Å². The summed E-state index contributed by atoms with van der Waals surface area (Å²) in [6.07, 6.45) is -1.96. The Labute approximate surface area is 418 Å². The maximum atomic E-state index is 14.9. The average molecular weight is 985 g/mol. The fourth-order valence-corrected chi connectivity index (χ4v) is 11.0. The first-order chi connectivity index (χ1) is 32.7. The van der Waals surface area contributed by atoms with Gasteiger partial charge in [0.2, 0.25) is 0 Å². The second-order valence-electron chi connectivity index (χ2n) is 22.6. The summed E-state index contributed by atoms with van der Waals surface area (Å²) < 4.78 is 52.0. The predicted octanol–water partition coefficient (Wildman–Crippen LogP) is 7.53. The minimum atomic E-state index is -1.85. The molecular formula is C55H88N2O13. The van der Waals surface area contributed by atoms with Crippen molar-refractivity contribution in [3.8, 4) is 0 Å². The van der Waals surface area contributed by atoms with Crippen molar-refractivity contribution in [3.63, 3.8) is 0 Å². The third-order valence-corrected chi connectivity index (χ3v) is 15.6. The van der Waals surface area contributed by atoms with Crippen LogP contribution in [0.5, 0.6) is 0 Å². The van der Waals surface area contributed by atoms with Crippen molar-refractivity contribution in [3.05, 3.63) is 48.2 Å². The van der Waals surface area contributed by atoms with E-state index in [1.807, 2.05) is 84.2 Å². The number of ketones is 1. The molecule has 0 amide bonds. The number of carbonyl (C=O) groups excluding carboxylic acids is 2. The van der Waals surface area contributed by atoms with Crippen LogP contribution >= 0.6 is 0 Å². The van der Waals surface area contributed by atoms with Crippen LogP contribution in [0.25, 0.3) is 17.0 Å². The summed E-state index contributed by atoms with van der Waals surface area (Å²) in [5.74, 6) is -4.19. The van der Waals surface area contributed by atoms with Gasteiger partial charge in [-0.15, -0.1) is 0 Å². The van der Waals surface area contributed by atoms with E-state index in [0.29, 0.717) is 6.42 Å². The Morgan fingerprint density at radius 2 is 1.59 bits per heavy atom. The highest BCUT2D eigenvalue weighted by molar-refractivity contribution is 5.84. The van der Waals surface area contributed by atoms with Crippen LogP contribution in [0.4, 0.5) is 0 Å². The van der Waals surface area contributed by atoms with Crippen LogP contribution in [-0.4, -0.2) is 156 Å². The number of para-hydroxylation sites is 1. The van der Waals surface area contributed by atoms with E-state index in [9.17, 15) is 24.9 Å². The minimum absolute atomic E-state index is 0.0307. The maximum absolute atomic E-state index is 14.9. The molecule has 0 bridgehead atoms. The lowest BCUT2D eigenvalue weighted by Crippen LogP contribution is -2.62. The van der Waals surface area contributed by atoms with Crippen LogP contribution in [-0.2, 0) is 47.5 Å². The third-order valence-electron chi connectivity index (χ3n) is 15.6. The number of methoxy groups -OCH3 is 2. The van der Waals surface area contributed by atoms with E-state index in [0.717, 1.165) is 29.4 Å². The highest BCUT2D eigenvalue weighted by Gasteiger charge is 2.54. The number of benzene rings is 1. The monoisotopic (exact) mass is 985 g/mol. The Hall–Kier alpha value is -2.93. The standard InChI is InChI=1S/C55H88N2O13/c1-17-42-55(13,62)49(65-26-20-21-38-28-39-22-18-19-23-40(39)56-31-38)34(4)44(58)32(2)29-54(12,64-16)48(70-51-45(59)41(27-33(3)66-51)57(14)25-24-52(8,9)10)35(5)46(36(6)50(61)68-42)69-43-30-53(11,63-15)47(60)37(7)67-43/h18-23,28,31-37,41-43,45-49,51,59-60,62H,17,24-27,29-30H2,1-16H3/b21-20+/t32-,33-,34+,35+,36-,37+,41+,42-,43+,45-,46+,47+,48-,49-,51+,53-,54-,55-/m1/s1. The minimum Gasteiger partial charge on any atom is -0.459 e. The number of rotatable bonds is 14. The Bertz CT molecular complexity index is 2040. The van der Waals surface area contributed by atoms with Crippen LogP contribution in [0.3, 0.4) is 0 Å². The van der Waals surface area contributed by atoms with Crippen LogP contribution in [0.15, 0.2) is 42.6 Å². The van der Waals surface area contributed by atoms with Gasteiger partial charge in [-0.3, -0.25) is 14.6 Å². The SMILES string of the molecule is CC[C@H]1OC(=O)[C@H](C)[C@@H](O[C@H]2C[C@@](C)(OC)[C@@H](O)[C@H](C)O2)[C@H](C)[C@@H](O[C@@H]2O[C@H](C)C[C@H](N(C)CCC(C)(C)C)[C@H]2O)[C@](C)(OC)C[C@@H](C)C(=O)[C@H](C)[C@@H](OC/C=C/c2cnc3ccccc3c2)[C@]1(C)O. The van der Waals surface area contributed by atoms with Gasteiger partial charge >= 0.3 is 5.97 Å². The van der Waals surface area contributed by atoms with Gasteiger partial charge in [-0.2, -0.15) is 0 Å². The largest absolute Gasteiger partial charge is 0.459 e. The first-order valence-electron chi connectivity index (χ1n) is 25.6. The molecule has 0 aliphatic carbocycles. The van der Waals surface area contributed by atoms with Crippen molar-refractivity contribution in [2.45, 2.75) is 206 Å². The first kappa shape index (κ1) is 58.0. The number of likely N-dealkylation sites (N-methyl/N-ethyl adjacent to an activating group) is 1. The number of hydrogen-bond donors (Lipinski definition) is 3. The number of cyclic esters (lactones) is 1. The quantitative estimate of drug-likeness (QED) is 0.158. The molecule has 5 rings (SSSR count). The number of carbonyl (C=O) groups is 2. The predicted molar refractivity (Wildman–Crippen MR) is 269 cm³/mol.